The van der Waals surface area contributed by atoms with E-state index in [0.29, 0.717) is 6.42 Å². The highest BCUT2D eigenvalue weighted by atomic mass is 16.5. The standard InChI is InChI=1S/C22H30O5/c23-18(16-27-19-8-4-3-5-9-19)14-12-17-13-15-21(24)20(17)10-6-1-2-7-11-22(25)26/h1-5,8-9,12,14,17-18,20-21,23-24H,6-7,10-11,13,15-16H2,(H,25,26)/b2-1-,14-12+. The van der Waals surface area contributed by atoms with Crippen molar-refractivity contribution in [3.8, 4) is 5.75 Å². The summed E-state index contributed by atoms with van der Waals surface area (Å²) in [7, 11) is 0. The van der Waals surface area contributed by atoms with Crippen LogP contribution in [0.15, 0.2) is 54.6 Å². The van der Waals surface area contributed by atoms with Crippen LogP contribution in [0.1, 0.15) is 38.5 Å². The lowest BCUT2D eigenvalue weighted by Gasteiger charge is -2.19. The van der Waals surface area contributed by atoms with Gasteiger partial charge in [-0.3, -0.25) is 4.79 Å². The van der Waals surface area contributed by atoms with E-state index in [4.69, 9.17) is 9.84 Å². The van der Waals surface area contributed by atoms with Crippen LogP contribution in [0.3, 0.4) is 0 Å². The second kappa shape index (κ2) is 11.6. The van der Waals surface area contributed by atoms with Crippen molar-refractivity contribution in [3.63, 3.8) is 0 Å². The first-order chi connectivity index (χ1) is 13.1. The third kappa shape index (κ3) is 7.97. The van der Waals surface area contributed by atoms with Gasteiger partial charge in [-0.05, 0) is 56.1 Å². The fraction of sp³-hybridized carbons (Fsp3) is 0.500. The quantitative estimate of drug-likeness (QED) is 0.516. The van der Waals surface area contributed by atoms with E-state index in [0.717, 1.165) is 31.4 Å². The summed E-state index contributed by atoms with van der Waals surface area (Å²) in [5.74, 6) is 0.367. The second-order valence-corrected chi connectivity index (χ2v) is 7.03. The normalized spacial score (nSPS) is 23.9. The minimum atomic E-state index is -0.786. The molecule has 0 amide bonds. The molecule has 1 aliphatic carbocycles. The Bertz CT molecular complexity index is 610. The van der Waals surface area contributed by atoms with E-state index in [9.17, 15) is 15.0 Å². The Morgan fingerprint density at radius 1 is 1.19 bits per heavy atom. The van der Waals surface area contributed by atoms with Crippen molar-refractivity contribution in [2.75, 3.05) is 6.61 Å². The highest BCUT2D eigenvalue weighted by molar-refractivity contribution is 5.66. The van der Waals surface area contributed by atoms with Crippen LogP contribution in [0.4, 0.5) is 0 Å². The van der Waals surface area contributed by atoms with Crippen molar-refractivity contribution >= 4 is 5.97 Å². The molecule has 0 aromatic heterocycles. The molecule has 0 aliphatic heterocycles. The first-order valence-corrected chi connectivity index (χ1v) is 9.65. The lowest BCUT2D eigenvalue weighted by Crippen LogP contribution is -2.19. The Morgan fingerprint density at radius 2 is 1.93 bits per heavy atom. The van der Waals surface area contributed by atoms with Gasteiger partial charge in [0.1, 0.15) is 18.5 Å². The number of benzene rings is 1. The summed E-state index contributed by atoms with van der Waals surface area (Å²) in [6.07, 6.45) is 10.7. The molecule has 27 heavy (non-hydrogen) atoms. The van der Waals surface area contributed by atoms with E-state index in [-0.39, 0.29) is 31.0 Å². The van der Waals surface area contributed by atoms with Gasteiger partial charge in [0.2, 0.25) is 0 Å². The number of hydrogen-bond donors (Lipinski definition) is 3. The molecule has 0 spiro atoms. The van der Waals surface area contributed by atoms with E-state index in [1.807, 2.05) is 48.6 Å². The van der Waals surface area contributed by atoms with Crippen LogP contribution in [-0.2, 0) is 4.79 Å². The third-order valence-electron chi connectivity index (χ3n) is 4.94. The van der Waals surface area contributed by atoms with Crippen molar-refractivity contribution in [1.29, 1.82) is 0 Å². The Balaban J connectivity index is 1.74. The number of carboxylic acid groups (broad SMARTS) is 1. The molecule has 1 fully saturated rings. The molecule has 1 aromatic rings. The molecule has 4 unspecified atom stereocenters. The van der Waals surface area contributed by atoms with Crippen LogP contribution >= 0.6 is 0 Å². The minimum absolute atomic E-state index is 0.150. The van der Waals surface area contributed by atoms with Crippen LogP contribution in [0.2, 0.25) is 0 Å². The predicted octanol–water partition coefficient (Wildman–Crippen LogP) is 3.57. The molecule has 0 bridgehead atoms. The number of ether oxygens (including phenoxy) is 1. The molecule has 0 heterocycles. The van der Waals surface area contributed by atoms with Gasteiger partial charge in [0.05, 0.1) is 6.10 Å². The molecule has 0 saturated heterocycles. The number of aliphatic hydroxyl groups excluding tert-OH is 2. The maximum Gasteiger partial charge on any atom is 0.303 e. The number of carboxylic acids is 1. The van der Waals surface area contributed by atoms with Crippen LogP contribution in [-0.4, -0.2) is 40.1 Å². The Hall–Kier alpha value is -2.11. The summed E-state index contributed by atoms with van der Waals surface area (Å²) in [6, 6.07) is 9.39. The number of carbonyl (C=O) groups is 1. The Kier molecular flexibility index (Phi) is 9.08. The fourth-order valence-corrected chi connectivity index (χ4v) is 3.48. The smallest absolute Gasteiger partial charge is 0.303 e. The van der Waals surface area contributed by atoms with Gasteiger partial charge in [0.25, 0.3) is 0 Å². The number of aliphatic carboxylic acids is 1. The van der Waals surface area contributed by atoms with Crippen LogP contribution in [0.5, 0.6) is 5.75 Å². The van der Waals surface area contributed by atoms with Crippen molar-refractivity contribution in [1.82, 2.24) is 0 Å². The molecule has 148 valence electrons. The maximum atomic E-state index is 10.5. The zero-order chi connectivity index (χ0) is 19.5. The van der Waals surface area contributed by atoms with Gasteiger partial charge >= 0.3 is 5.97 Å². The fourth-order valence-electron chi connectivity index (χ4n) is 3.48. The van der Waals surface area contributed by atoms with Crippen molar-refractivity contribution in [2.45, 2.75) is 50.7 Å². The van der Waals surface area contributed by atoms with E-state index >= 15 is 0 Å². The first kappa shape index (κ1) is 21.2. The molecule has 4 atom stereocenters. The molecule has 5 heteroatoms. The molecular formula is C22H30O5. The summed E-state index contributed by atoms with van der Waals surface area (Å²) < 4.78 is 5.55. The topological polar surface area (TPSA) is 87.0 Å². The zero-order valence-corrected chi connectivity index (χ0v) is 15.6. The van der Waals surface area contributed by atoms with Gasteiger partial charge in [0, 0.05) is 6.42 Å². The average molecular weight is 374 g/mol. The van der Waals surface area contributed by atoms with E-state index in [1.54, 1.807) is 6.08 Å². The molecule has 2 rings (SSSR count). The summed E-state index contributed by atoms with van der Waals surface area (Å²) in [6.45, 7) is 0.201. The lowest BCUT2D eigenvalue weighted by atomic mass is 9.89. The Labute approximate surface area is 161 Å². The van der Waals surface area contributed by atoms with Crippen LogP contribution in [0.25, 0.3) is 0 Å². The molecule has 1 saturated carbocycles. The highest BCUT2D eigenvalue weighted by Crippen LogP contribution is 2.36. The summed E-state index contributed by atoms with van der Waals surface area (Å²) >= 11 is 0. The molecule has 1 aromatic carbocycles. The van der Waals surface area contributed by atoms with Crippen molar-refractivity contribution < 1.29 is 24.9 Å². The molecule has 3 N–H and O–H groups in total. The molecule has 1 aliphatic rings. The average Bonchev–Trinajstić information content (AvgIpc) is 3.01. The first-order valence-electron chi connectivity index (χ1n) is 9.65. The Morgan fingerprint density at radius 3 is 2.67 bits per heavy atom. The summed E-state index contributed by atoms with van der Waals surface area (Å²) in [4.78, 5) is 10.5. The van der Waals surface area contributed by atoms with Gasteiger partial charge in [-0.2, -0.15) is 0 Å². The SMILES string of the molecule is O=C(O)CC/C=C\CCC1C(O)CCC1/C=C/C(O)COc1ccccc1. The summed E-state index contributed by atoms with van der Waals surface area (Å²) in [5.41, 5.74) is 0. The van der Waals surface area contributed by atoms with Crippen LogP contribution in [0, 0.1) is 11.8 Å². The summed E-state index contributed by atoms with van der Waals surface area (Å²) in [5, 5.41) is 29.0. The predicted molar refractivity (Wildman–Crippen MR) is 105 cm³/mol. The monoisotopic (exact) mass is 374 g/mol. The van der Waals surface area contributed by atoms with Gasteiger partial charge in [0.15, 0.2) is 0 Å². The van der Waals surface area contributed by atoms with Gasteiger partial charge in [-0.1, -0.05) is 42.5 Å². The zero-order valence-electron chi connectivity index (χ0n) is 15.6. The van der Waals surface area contributed by atoms with Crippen molar-refractivity contribution in [3.05, 3.63) is 54.6 Å². The molecule has 5 nitrogen and oxygen atoms in total. The maximum absolute atomic E-state index is 10.5. The number of rotatable bonds is 11. The number of aliphatic hydroxyl groups is 2. The third-order valence-corrected chi connectivity index (χ3v) is 4.94. The second-order valence-electron chi connectivity index (χ2n) is 7.03. The number of para-hydroxylation sites is 1. The minimum Gasteiger partial charge on any atom is -0.491 e. The van der Waals surface area contributed by atoms with Gasteiger partial charge < -0.3 is 20.1 Å². The van der Waals surface area contributed by atoms with E-state index in [1.165, 1.54) is 0 Å². The van der Waals surface area contributed by atoms with Crippen molar-refractivity contribution in [2.24, 2.45) is 11.8 Å². The molecular weight excluding hydrogens is 344 g/mol. The van der Waals surface area contributed by atoms with Crippen LogP contribution < -0.4 is 4.74 Å². The number of hydrogen-bond acceptors (Lipinski definition) is 4. The molecule has 0 radical (unpaired) electrons. The van der Waals surface area contributed by atoms with E-state index in [2.05, 4.69) is 0 Å². The van der Waals surface area contributed by atoms with Gasteiger partial charge in [-0.25, -0.2) is 0 Å². The lowest BCUT2D eigenvalue weighted by molar-refractivity contribution is -0.136. The number of allylic oxidation sites excluding steroid dienone is 3. The van der Waals surface area contributed by atoms with E-state index < -0.39 is 12.1 Å². The van der Waals surface area contributed by atoms with Gasteiger partial charge in [-0.15, -0.1) is 0 Å². The largest absolute Gasteiger partial charge is 0.491 e. The highest BCUT2D eigenvalue weighted by Gasteiger charge is 2.32.